The summed E-state index contributed by atoms with van der Waals surface area (Å²) in [5, 5.41) is 24.1. The van der Waals surface area contributed by atoms with Gasteiger partial charge in [-0.1, -0.05) is 211 Å². The Morgan fingerprint density at radius 2 is 1.24 bits per heavy atom. The van der Waals surface area contributed by atoms with Gasteiger partial charge in [0.1, 0.15) is 52.1 Å². The summed E-state index contributed by atoms with van der Waals surface area (Å²) in [6.07, 6.45) is 0. The van der Waals surface area contributed by atoms with Gasteiger partial charge in [0.2, 0.25) is 16.9 Å². The molecule has 10 aromatic rings. The minimum absolute atomic E-state index is 0.00879. The van der Waals surface area contributed by atoms with Crippen molar-refractivity contribution in [3.05, 3.63) is 296 Å². The lowest BCUT2D eigenvalue weighted by Gasteiger charge is -2.54. The minimum Gasteiger partial charge on any atom is -0.497 e. The van der Waals surface area contributed by atoms with Crippen LogP contribution in [-0.4, -0.2) is 70.0 Å². The number of hydrogen-bond donors (Lipinski definition) is 2. The molecule has 0 bridgehead atoms. The molecular formula is C69H54N6O7S4. The Hall–Kier alpha value is -9.31. The van der Waals surface area contributed by atoms with Gasteiger partial charge in [0.05, 0.1) is 11.3 Å². The van der Waals surface area contributed by atoms with E-state index in [-0.39, 0.29) is 47.1 Å². The summed E-state index contributed by atoms with van der Waals surface area (Å²) in [7, 11) is 1.57. The van der Waals surface area contributed by atoms with Crippen molar-refractivity contribution in [1.82, 2.24) is 15.2 Å². The van der Waals surface area contributed by atoms with Crippen LogP contribution in [0.1, 0.15) is 50.2 Å². The van der Waals surface area contributed by atoms with Crippen LogP contribution in [0.5, 0.6) is 5.75 Å². The molecule has 2 saturated heterocycles. The van der Waals surface area contributed by atoms with E-state index in [2.05, 4.69) is 53.1 Å². The minimum atomic E-state index is -1.39. The Balaban J connectivity index is 0.897. The molecule has 3 atom stereocenters. The summed E-state index contributed by atoms with van der Waals surface area (Å²) in [6, 6.07) is 74.7. The standard InChI is InChI=1S/C69H54N6O7S4/c1-80-53-38-36-46(37-39-53)41-81-65(79)67(45-85-64-55(40-70)60(76)54-34-20-21-35-57(54)86-64)43-75-62(78)59(63(75)84-44-67)72-61(77)58(74-82-69(50-28-14-5-15-29-50,51-30-16-6-17-31-51)52-32-18-7-19-33-52)56-42-83-66(71-56)73-68(47-22-8-2-9-23-47,48-24-10-3-11-25-48)49-26-12-4-13-27-49/h2-39,42,59,63H,41,43-45H2,1H3,(H,71,73)(H,72,77)/t59?,63-,67?/m1/s1. The zero-order chi connectivity index (χ0) is 59.1. The number of ether oxygens (including phenoxy) is 2. The van der Waals surface area contributed by atoms with Crippen molar-refractivity contribution in [2.75, 3.05) is 30.5 Å². The molecule has 2 N–H and O–H groups in total. The Morgan fingerprint density at radius 3 is 1.78 bits per heavy atom. The molecule has 2 aromatic heterocycles. The highest BCUT2D eigenvalue weighted by Gasteiger charge is 2.58. The third-order valence-electron chi connectivity index (χ3n) is 15.4. The number of nitriles is 1. The van der Waals surface area contributed by atoms with Gasteiger partial charge in [-0.2, -0.15) is 5.26 Å². The maximum Gasteiger partial charge on any atom is 0.315 e. The number of anilines is 1. The second-order valence-electron chi connectivity index (χ2n) is 20.6. The van der Waals surface area contributed by atoms with E-state index in [9.17, 15) is 19.6 Å². The van der Waals surface area contributed by atoms with Crippen LogP contribution in [-0.2, 0) is 41.7 Å². The first kappa shape index (κ1) is 57.1. The van der Waals surface area contributed by atoms with Crippen LogP contribution in [0.25, 0.3) is 10.1 Å². The summed E-state index contributed by atoms with van der Waals surface area (Å²) in [4.78, 5) is 72.4. The summed E-state index contributed by atoms with van der Waals surface area (Å²) in [6.45, 7) is -0.105. The maximum atomic E-state index is 15.5. The third kappa shape index (κ3) is 11.0. The van der Waals surface area contributed by atoms with E-state index >= 15 is 4.79 Å². The molecule has 0 aliphatic carbocycles. The number of fused-ring (bicyclic) bond motifs is 2. The van der Waals surface area contributed by atoms with Crippen molar-refractivity contribution in [2.45, 2.75) is 33.4 Å². The van der Waals surface area contributed by atoms with Crippen molar-refractivity contribution in [2.24, 2.45) is 10.6 Å². The van der Waals surface area contributed by atoms with Gasteiger partial charge in [-0.3, -0.25) is 19.2 Å². The van der Waals surface area contributed by atoms with Crippen LogP contribution in [0.3, 0.4) is 0 Å². The molecule has 13 nitrogen and oxygen atoms in total. The highest BCUT2D eigenvalue weighted by atomic mass is 32.2. The fourth-order valence-electron chi connectivity index (χ4n) is 11.0. The first-order valence-corrected chi connectivity index (χ1v) is 31.3. The Morgan fingerprint density at radius 1 is 0.721 bits per heavy atom. The molecule has 17 heteroatoms. The number of nitrogens with one attached hydrogen (secondary N) is 2. The monoisotopic (exact) mass is 1210 g/mol. The highest BCUT2D eigenvalue weighted by Crippen LogP contribution is 2.47. The van der Waals surface area contributed by atoms with Gasteiger partial charge in [0.15, 0.2) is 10.8 Å². The summed E-state index contributed by atoms with van der Waals surface area (Å²) in [5.74, 6) is -0.781. The molecule has 12 rings (SSSR count). The lowest BCUT2D eigenvalue weighted by atomic mass is 9.77. The van der Waals surface area contributed by atoms with Gasteiger partial charge >= 0.3 is 5.97 Å². The Labute approximate surface area is 513 Å². The lowest BCUT2D eigenvalue weighted by Crippen LogP contribution is -2.74. The van der Waals surface area contributed by atoms with Gasteiger partial charge in [-0.05, 0) is 46.5 Å². The molecule has 0 radical (unpaired) electrons. The first-order valence-electron chi connectivity index (χ1n) is 27.6. The zero-order valence-electron chi connectivity index (χ0n) is 46.3. The van der Waals surface area contributed by atoms with E-state index in [0.29, 0.717) is 25.2 Å². The van der Waals surface area contributed by atoms with Crippen LogP contribution >= 0.6 is 46.2 Å². The number of β-lactam (4-membered cyclic amide) rings is 1. The van der Waals surface area contributed by atoms with Crippen molar-refractivity contribution in [3.63, 3.8) is 0 Å². The van der Waals surface area contributed by atoms with E-state index in [4.69, 9.17) is 24.5 Å². The lowest BCUT2D eigenvalue weighted by molar-refractivity contribution is -0.162. The van der Waals surface area contributed by atoms with Crippen LogP contribution in [0.2, 0.25) is 0 Å². The number of aromatic nitrogens is 1. The molecule has 8 aromatic carbocycles. The van der Waals surface area contributed by atoms with Crippen molar-refractivity contribution in [3.8, 4) is 11.8 Å². The molecule has 86 heavy (non-hydrogen) atoms. The number of nitrogens with zero attached hydrogens (tertiary/aromatic N) is 4. The number of rotatable bonds is 20. The fourth-order valence-corrected chi connectivity index (χ4v) is 16.0. The summed E-state index contributed by atoms with van der Waals surface area (Å²) in [5.41, 5.74) is 1.76. The van der Waals surface area contributed by atoms with Gasteiger partial charge in [0, 0.05) is 50.2 Å². The molecule has 2 aliphatic heterocycles. The van der Waals surface area contributed by atoms with Crippen LogP contribution in [0, 0.1) is 16.7 Å². The second-order valence-corrected chi connectivity index (χ2v) is 24.9. The normalized spacial score (nSPS) is 16.7. The smallest absolute Gasteiger partial charge is 0.315 e. The Kier molecular flexibility index (Phi) is 16.7. The van der Waals surface area contributed by atoms with Crippen LogP contribution in [0.15, 0.2) is 250 Å². The number of amides is 2. The molecule has 2 unspecified atom stereocenters. The average molecular weight is 1210 g/mol. The largest absolute Gasteiger partial charge is 0.497 e. The number of methoxy groups -OCH3 is 1. The highest BCUT2D eigenvalue weighted by molar-refractivity contribution is 8.01. The first-order chi connectivity index (χ1) is 42.1. The van der Waals surface area contributed by atoms with E-state index in [1.807, 2.05) is 158 Å². The van der Waals surface area contributed by atoms with Gasteiger partial charge in [0.25, 0.3) is 5.91 Å². The van der Waals surface area contributed by atoms with E-state index < -0.39 is 45.8 Å². The molecule has 0 saturated carbocycles. The predicted molar refractivity (Wildman–Crippen MR) is 340 cm³/mol. The summed E-state index contributed by atoms with van der Waals surface area (Å²) >= 11 is 5.16. The predicted octanol–water partition coefficient (Wildman–Crippen LogP) is 12.6. The van der Waals surface area contributed by atoms with E-state index in [0.717, 1.165) is 38.9 Å². The fraction of sp³-hybridized carbons (Fsp3) is 0.145. The third-order valence-corrected chi connectivity index (χ3v) is 20.5. The SMILES string of the molecule is COc1ccc(COC(=O)C2(CSc3sc4ccccc4c(=O)c3C#N)CS[C@@H]3C(NC(=O)C(=NOC(c4ccccc4)(c4ccccc4)c4ccccc4)c4csc(NC(c5ccccc5)(c5ccccc5)c5ccccc5)n4)C(=O)N3C2)cc1. The molecular weight excluding hydrogens is 1150 g/mol. The number of oxime groups is 1. The number of esters is 1. The van der Waals surface area contributed by atoms with E-state index in [1.165, 1.54) is 46.2 Å². The quantitative estimate of drug-likeness (QED) is 0.0185. The van der Waals surface area contributed by atoms with Crippen LogP contribution in [0.4, 0.5) is 5.13 Å². The maximum absolute atomic E-state index is 15.5. The number of hydrogen-bond acceptors (Lipinski definition) is 15. The zero-order valence-corrected chi connectivity index (χ0v) is 49.5. The van der Waals surface area contributed by atoms with Crippen molar-refractivity contribution >= 4 is 84.9 Å². The van der Waals surface area contributed by atoms with Gasteiger partial charge in [-0.25, -0.2) is 4.98 Å². The number of benzene rings is 8. The Bertz CT molecular complexity index is 4000. The second kappa shape index (κ2) is 25.1. The van der Waals surface area contributed by atoms with Gasteiger partial charge < -0.3 is 29.8 Å². The number of thioether (sulfide) groups is 2. The summed E-state index contributed by atoms with van der Waals surface area (Å²) < 4.78 is 12.6. The molecule has 2 fully saturated rings. The molecule has 426 valence electrons. The molecule has 4 heterocycles. The average Bonchev–Trinajstić information content (AvgIpc) is 2.58. The van der Waals surface area contributed by atoms with Crippen LogP contribution < -0.4 is 20.8 Å². The van der Waals surface area contributed by atoms with E-state index in [1.54, 1.807) is 53.8 Å². The topological polar surface area (TPSA) is 172 Å². The van der Waals surface area contributed by atoms with Crippen molar-refractivity contribution in [1.29, 1.82) is 5.26 Å². The van der Waals surface area contributed by atoms with Crippen molar-refractivity contribution < 1.29 is 28.7 Å². The number of thiazole rings is 1. The number of carbonyl (C=O) groups is 3. The van der Waals surface area contributed by atoms with Gasteiger partial charge in [-0.15, -0.1) is 46.2 Å². The number of carbonyl (C=O) groups excluding carboxylic acids is 3. The molecule has 0 spiro atoms. The molecule has 2 aliphatic rings. The molecule has 2 amide bonds.